The number of phenolic OH excluding ortho intramolecular Hbond substituents is 2. The number of aliphatic hydroxyl groups is 4. The third-order valence-corrected chi connectivity index (χ3v) is 8.14. The molecule has 0 radical (unpaired) electrons. The van der Waals surface area contributed by atoms with E-state index in [1.165, 1.54) is 44.6 Å². The SMILES string of the molecule is COc1cc([C@@H]2Oc3c(OC)cc(CCCO)cc3[C@H]2CO[C@@H]2O[C@H](CO)[C@@H](O)[C@H](O)[C@H]2OC(=O)c2ccc(O)cc2)ccc1O. The van der Waals surface area contributed by atoms with Gasteiger partial charge in [0.05, 0.1) is 38.9 Å². The lowest BCUT2D eigenvalue weighted by molar-refractivity contribution is -0.301. The number of carbonyl (C=O) groups excluding carboxylic acids is 1. The van der Waals surface area contributed by atoms with Gasteiger partial charge in [-0.3, -0.25) is 0 Å². The van der Waals surface area contributed by atoms with Gasteiger partial charge in [0, 0.05) is 12.2 Å². The molecule has 1 fully saturated rings. The topological polar surface area (TPSA) is 194 Å². The molecular formula is C33H38O13. The van der Waals surface area contributed by atoms with Gasteiger partial charge in [-0.05, 0) is 66.4 Å². The Hall–Kier alpha value is -4.11. The van der Waals surface area contributed by atoms with Gasteiger partial charge in [0.15, 0.2) is 35.4 Å². The lowest BCUT2D eigenvalue weighted by atomic mass is 9.90. The van der Waals surface area contributed by atoms with Crippen molar-refractivity contribution in [3.63, 3.8) is 0 Å². The van der Waals surface area contributed by atoms with E-state index in [0.717, 1.165) is 11.1 Å². The van der Waals surface area contributed by atoms with Crippen molar-refractivity contribution >= 4 is 5.97 Å². The van der Waals surface area contributed by atoms with Crippen LogP contribution in [0.5, 0.6) is 28.7 Å². The first-order valence-corrected chi connectivity index (χ1v) is 14.8. The fourth-order valence-corrected chi connectivity index (χ4v) is 5.69. The van der Waals surface area contributed by atoms with E-state index in [2.05, 4.69) is 0 Å². The Bertz CT molecular complexity index is 1490. The second-order valence-corrected chi connectivity index (χ2v) is 11.1. The van der Waals surface area contributed by atoms with Gasteiger partial charge < -0.3 is 59.1 Å². The molecule has 13 nitrogen and oxygen atoms in total. The number of hydrogen-bond donors (Lipinski definition) is 6. The molecule has 6 N–H and O–H groups in total. The summed E-state index contributed by atoms with van der Waals surface area (Å²) in [6.07, 6.45) is -7.02. The summed E-state index contributed by atoms with van der Waals surface area (Å²) in [4.78, 5) is 13.0. The monoisotopic (exact) mass is 642 g/mol. The molecule has 2 aliphatic rings. The summed E-state index contributed by atoms with van der Waals surface area (Å²) in [5.74, 6) is -0.363. The zero-order chi connectivity index (χ0) is 33.0. The number of ether oxygens (including phenoxy) is 6. The van der Waals surface area contributed by atoms with Crippen LogP contribution in [0.1, 0.15) is 45.5 Å². The molecule has 0 unspecified atom stereocenters. The summed E-state index contributed by atoms with van der Waals surface area (Å²) in [6, 6.07) is 13.8. The molecule has 248 valence electrons. The van der Waals surface area contributed by atoms with Crippen LogP contribution in [-0.2, 0) is 20.6 Å². The van der Waals surface area contributed by atoms with Crippen molar-refractivity contribution in [2.24, 2.45) is 0 Å². The summed E-state index contributed by atoms with van der Waals surface area (Å²) in [7, 11) is 2.94. The van der Waals surface area contributed by atoms with Gasteiger partial charge in [0.25, 0.3) is 0 Å². The van der Waals surface area contributed by atoms with Gasteiger partial charge in [-0.2, -0.15) is 0 Å². The number of benzene rings is 3. The van der Waals surface area contributed by atoms with E-state index in [4.69, 9.17) is 28.4 Å². The van der Waals surface area contributed by atoms with Gasteiger partial charge in [-0.25, -0.2) is 4.79 Å². The number of aryl methyl sites for hydroxylation is 1. The molecule has 0 amide bonds. The highest BCUT2D eigenvalue weighted by Crippen LogP contribution is 2.52. The molecule has 0 saturated carbocycles. The van der Waals surface area contributed by atoms with Crippen LogP contribution in [0.25, 0.3) is 0 Å². The van der Waals surface area contributed by atoms with Crippen LogP contribution in [0.3, 0.4) is 0 Å². The highest BCUT2D eigenvalue weighted by atomic mass is 16.7. The maximum Gasteiger partial charge on any atom is 0.338 e. The van der Waals surface area contributed by atoms with E-state index in [1.807, 2.05) is 12.1 Å². The summed E-state index contributed by atoms with van der Waals surface area (Å²) in [5, 5.41) is 60.6. The van der Waals surface area contributed by atoms with Crippen LogP contribution in [0.15, 0.2) is 54.6 Å². The molecule has 0 spiro atoms. The van der Waals surface area contributed by atoms with E-state index in [0.29, 0.717) is 29.9 Å². The summed E-state index contributed by atoms with van der Waals surface area (Å²) in [6.45, 7) is -0.762. The average molecular weight is 643 g/mol. The first-order chi connectivity index (χ1) is 22.2. The van der Waals surface area contributed by atoms with E-state index < -0.39 is 55.3 Å². The van der Waals surface area contributed by atoms with Gasteiger partial charge in [-0.1, -0.05) is 12.1 Å². The predicted molar refractivity (Wildman–Crippen MR) is 160 cm³/mol. The van der Waals surface area contributed by atoms with Crippen molar-refractivity contribution in [2.45, 2.75) is 55.6 Å². The molecular weight excluding hydrogens is 604 g/mol. The van der Waals surface area contributed by atoms with Gasteiger partial charge in [-0.15, -0.1) is 0 Å². The fourth-order valence-electron chi connectivity index (χ4n) is 5.69. The summed E-state index contributed by atoms with van der Waals surface area (Å²) < 4.78 is 35.0. The Kier molecular flexibility index (Phi) is 10.5. The second kappa shape index (κ2) is 14.5. The van der Waals surface area contributed by atoms with Crippen LogP contribution in [-0.4, -0.2) is 101 Å². The molecule has 0 aromatic heterocycles. The fraction of sp³-hybridized carbons (Fsp3) is 0.424. The number of methoxy groups -OCH3 is 2. The molecule has 0 aliphatic carbocycles. The Morgan fingerprint density at radius 1 is 0.913 bits per heavy atom. The molecule has 2 heterocycles. The molecule has 13 heteroatoms. The Morgan fingerprint density at radius 3 is 2.33 bits per heavy atom. The average Bonchev–Trinajstić information content (AvgIpc) is 3.43. The van der Waals surface area contributed by atoms with Crippen molar-refractivity contribution < 1.29 is 63.9 Å². The maximum atomic E-state index is 13.0. The van der Waals surface area contributed by atoms with E-state index in [1.54, 1.807) is 12.1 Å². The number of esters is 1. The summed E-state index contributed by atoms with van der Waals surface area (Å²) >= 11 is 0. The van der Waals surface area contributed by atoms with Crippen LogP contribution in [0.4, 0.5) is 0 Å². The number of hydrogen-bond acceptors (Lipinski definition) is 13. The van der Waals surface area contributed by atoms with Crippen molar-refractivity contribution in [3.8, 4) is 28.7 Å². The standard InChI is InChI=1S/C33H38O13/c1-41-24-14-19(7-10-23(24)37)29-22(21-12-17(4-3-11-34)13-25(42-2)30(21)45-29)16-43-33-31(28(39)27(38)26(15-35)44-33)46-32(40)18-5-8-20(36)9-6-18/h5-10,12-14,22,26-29,31,33-39H,3-4,11,15-16H2,1-2H3/t22-,26-,27-,28+,29+,31-,33-/m1/s1. The largest absolute Gasteiger partial charge is 0.508 e. The van der Waals surface area contributed by atoms with Crippen LogP contribution < -0.4 is 14.2 Å². The number of carbonyl (C=O) groups is 1. The molecule has 7 atom stereocenters. The molecule has 3 aromatic rings. The Labute approximate surface area is 265 Å². The maximum absolute atomic E-state index is 13.0. The van der Waals surface area contributed by atoms with Crippen LogP contribution >= 0.6 is 0 Å². The zero-order valence-electron chi connectivity index (χ0n) is 25.3. The number of aromatic hydroxyl groups is 2. The lowest BCUT2D eigenvalue weighted by Crippen LogP contribution is -2.60. The predicted octanol–water partition coefficient (Wildman–Crippen LogP) is 1.94. The smallest absolute Gasteiger partial charge is 0.338 e. The highest BCUT2D eigenvalue weighted by molar-refractivity contribution is 5.89. The Balaban J connectivity index is 1.48. The van der Waals surface area contributed by atoms with E-state index in [9.17, 15) is 35.4 Å². The zero-order valence-corrected chi connectivity index (χ0v) is 25.3. The second-order valence-electron chi connectivity index (χ2n) is 11.1. The van der Waals surface area contributed by atoms with Gasteiger partial charge in [0.2, 0.25) is 0 Å². The Morgan fingerprint density at radius 2 is 1.65 bits per heavy atom. The third kappa shape index (κ3) is 6.84. The minimum atomic E-state index is -1.67. The molecule has 0 bridgehead atoms. The number of fused-ring (bicyclic) bond motifs is 1. The first-order valence-electron chi connectivity index (χ1n) is 14.8. The third-order valence-electron chi connectivity index (χ3n) is 8.14. The normalized spacial score (nSPS) is 25.4. The van der Waals surface area contributed by atoms with Crippen molar-refractivity contribution in [3.05, 3.63) is 76.9 Å². The number of phenols is 2. The molecule has 2 aliphatic heterocycles. The number of aliphatic hydroxyl groups excluding tert-OH is 4. The number of rotatable bonds is 12. The van der Waals surface area contributed by atoms with Crippen LogP contribution in [0.2, 0.25) is 0 Å². The van der Waals surface area contributed by atoms with Crippen molar-refractivity contribution in [1.29, 1.82) is 0 Å². The highest BCUT2D eigenvalue weighted by Gasteiger charge is 2.48. The van der Waals surface area contributed by atoms with E-state index in [-0.39, 0.29) is 36.0 Å². The van der Waals surface area contributed by atoms with Crippen molar-refractivity contribution in [1.82, 2.24) is 0 Å². The van der Waals surface area contributed by atoms with Gasteiger partial charge in [0.1, 0.15) is 30.2 Å². The van der Waals surface area contributed by atoms with Crippen molar-refractivity contribution in [2.75, 3.05) is 34.0 Å². The van der Waals surface area contributed by atoms with Crippen LogP contribution in [0, 0.1) is 0 Å². The minimum Gasteiger partial charge on any atom is -0.508 e. The first kappa shape index (κ1) is 33.3. The molecule has 3 aromatic carbocycles. The van der Waals surface area contributed by atoms with Gasteiger partial charge >= 0.3 is 5.97 Å². The molecule has 46 heavy (non-hydrogen) atoms. The quantitative estimate of drug-likeness (QED) is 0.157. The summed E-state index contributed by atoms with van der Waals surface area (Å²) in [5.41, 5.74) is 2.32. The lowest BCUT2D eigenvalue weighted by Gasteiger charge is -2.41. The molecule has 5 rings (SSSR count). The van der Waals surface area contributed by atoms with E-state index >= 15 is 0 Å². The minimum absolute atomic E-state index is 0.00183. The molecule has 1 saturated heterocycles.